The summed E-state index contributed by atoms with van der Waals surface area (Å²) in [6.45, 7) is 0. The van der Waals surface area contributed by atoms with Crippen LogP contribution < -0.4 is 14.8 Å². The van der Waals surface area contributed by atoms with Crippen molar-refractivity contribution in [1.82, 2.24) is 0 Å². The van der Waals surface area contributed by atoms with Crippen molar-refractivity contribution in [2.75, 3.05) is 19.5 Å². The van der Waals surface area contributed by atoms with Crippen LogP contribution in [0.25, 0.3) is 6.08 Å². The quantitative estimate of drug-likeness (QED) is 0.509. The molecule has 0 spiro atoms. The van der Waals surface area contributed by atoms with E-state index >= 15 is 0 Å². The number of ether oxygens (including phenoxy) is 2. The van der Waals surface area contributed by atoms with Gasteiger partial charge in [0.25, 0.3) is 5.91 Å². The summed E-state index contributed by atoms with van der Waals surface area (Å²) in [5.41, 5.74) is 1.19. The first-order valence-electron chi connectivity index (χ1n) is 7.08. The van der Waals surface area contributed by atoms with Gasteiger partial charge in [-0.15, -0.1) is 0 Å². The van der Waals surface area contributed by atoms with Crippen molar-refractivity contribution in [1.29, 1.82) is 5.26 Å². The number of hydrogen-bond acceptors (Lipinski definition) is 4. The second-order valence-corrected chi connectivity index (χ2v) is 6.63. The van der Waals surface area contributed by atoms with Gasteiger partial charge in [0.2, 0.25) is 0 Å². The molecule has 0 aliphatic carbocycles. The lowest BCUT2D eigenvalue weighted by Gasteiger charge is -2.10. The lowest BCUT2D eigenvalue weighted by Crippen LogP contribution is -2.13. The SMILES string of the molecule is COc1cc(Br)c(/C=C(/C#N)C(=O)Nc2ccc(Br)cc2)cc1OC. The number of methoxy groups -OCH3 is 2. The molecule has 0 aromatic heterocycles. The predicted octanol–water partition coefficient (Wildman–Crippen LogP) is 4.77. The number of nitrogens with one attached hydrogen (secondary N) is 1. The molecule has 0 aliphatic rings. The van der Waals surface area contributed by atoms with Crippen molar-refractivity contribution < 1.29 is 14.3 Å². The highest BCUT2D eigenvalue weighted by Crippen LogP contribution is 2.34. The Bertz CT molecular complexity index is 856. The largest absolute Gasteiger partial charge is 0.493 e. The number of nitriles is 1. The number of carbonyl (C=O) groups excluding carboxylic acids is 1. The van der Waals surface area contributed by atoms with Gasteiger partial charge in [0, 0.05) is 14.6 Å². The van der Waals surface area contributed by atoms with Crippen LogP contribution in [0.1, 0.15) is 5.56 Å². The molecule has 7 heteroatoms. The van der Waals surface area contributed by atoms with Crippen molar-refractivity contribution in [2.24, 2.45) is 0 Å². The fraction of sp³-hybridized carbons (Fsp3) is 0.111. The van der Waals surface area contributed by atoms with Crippen molar-refractivity contribution in [2.45, 2.75) is 0 Å². The molecule has 0 heterocycles. The zero-order valence-corrected chi connectivity index (χ0v) is 16.6. The summed E-state index contributed by atoms with van der Waals surface area (Å²) in [5.74, 6) is 0.554. The number of rotatable bonds is 5. The molecule has 0 unspecified atom stereocenters. The van der Waals surface area contributed by atoms with Crippen LogP contribution in [0.4, 0.5) is 5.69 Å². The molecule has 0 radical (unpaired) electrons. The van der Waals surface area contributed by atoms with Crippen molar-refractivity contribution in [3.63, 3.8) is 0 Å². The van der Waals surface area contributed by atoms with E-state index in [9.17, 15) is 10.1 Å². The number of halogens is 2. The number of carbonyl (C=O) groups is 1. The van der Waals surface area contributed by atoms with Crippen molar-refractivity contribution >= 4 is 49.5 Å². The Hall–Kier alpha value is -2.30. The van der Waals surface area contributed by atoms with Crippen LogP contribution in [-0.2, 0) is 4.79 Å². The molecular formula is C18H14Br2N2O3. The topological polar surface area (TPSA) is 71.3 Å². The maximum atomic E-state index is 12.3. The van der Waals surface area contributed by atoms with Crippen LogP contribution in [-0.4, -0.2) is 20.1 Å². The van der Waals surface area contributed by atoms with Crippen LogP contribution in [0.2, 0.25) is 0 Å². The summed E-state index contributed by atoms with van der Waals surface area (Å²) >= 11 is 6.73. The number of hydrogen-bond donors (Lipinski definition) is 1. The first kappa shape index (κ1) is 19.0. The van der Waals surface area contributed by atoms with Gasteiger partial charge in [0.15, 0.2) is 11.5 Å². The van der Waals surface area contributed by atoms with Crippen molar-refractivity contribution in [3.8, 4) is 17.6 Å². The van der Waals surface area contributed by atoms with Gasteiger partial charge in [0.1, 0.15) is 11.6 Å². The normalized spacial score (nSPS) is 10.8. The minimum absolute atomic E-state index is 0.0316. The van der Waals surface area contributed by atoms with E-state index in [1.807, 2.05) is 6.07 Å². The van der Waals surface area contributed by atoms with E-state index in [1.165, 1.54) is 20.3 Å². The zero-order chi connectivity index (χ0) is 18.4. The summed E-state index contributed by atoms with van der Waals surface area (Å²) in [4.78, 5) is 12.3. The van der Waals surface area contributed by atoms with Gasteiger partial charge in [-0.1, -0.05) is 31.9 Å². The molecule has 2 aromatic rings. The number of nitrogens with zero attached hydrogens (tertiary/aromatic N) is 1. The number of benzene rings is 2. The van der Waals surface area contributed by atoms with Gasteiger partial charge in [-0.25, -0.2) is 0 Å². The van der Waals surface area contributed by atoms with Crippen LogP contribution >= 0.6 is 31.9 Å². The van der Waals surface area contributed by atoms with Gasteiger partial charge < -0.3 is 14.8 Å². The summed E-state index contributed by atoms with van der Waals surface area (Å²) in [5, 5.41) is 12.0. The van der Waals surface area contributed by atoms with Crippen LogP contribution in [0.5, 0.6) is 11.5 Å². The molecule has 2 rings (SSSR count). The van der Waals surface area contributed by atoms with Crippen LogP contribution in [0.15, 0.2) is 50.9 Å². The second kappa shape index (κ2) is 8.70. The molecular weight excluding hydrogens is 452 g/mol. The number of amides is 1. The molecule has 0 aliphatic heterocycles. The monoisotopic (exact) mass is 464 g/mol. The summed E-state index contributed by atoms with van der Waals surface area (Å²) in [7, 11) is 3.05. The lowest BCUT2D eigenvalue weighted by atomic mass is 10.1. The third kappa shape index (κ3) is 4.84. The Labute approximate surface area is 162 Å². The highest BCUT2D eigenvalue weighted by atomic mass is 79.9. The van der Waals surface area contributed by atoms with Crippen LogP contribution in [0, 0.1) is 11.3 Å². The fourth-order valence-electron chi connectivity index (χ4n) is 2.02. The van der Waals surface area contributed by atoms with Gasteiger partial charge in [-0.05, 0) is 48.0 Å². The standard InChI is InChI=1S/C18H14Br2N2O3/c1-24-16-8-11(15(20)9-17(16)25-2)7-12(10-21)18(23)22-14-5-3-13(19)4-6-14/h3-9H,1-2H3,(H,22,23)/b12-7-. The Morgan fingerprint density at radius 1 is 1.12 bits per heavy atom. The Morgan fingerprint density at radius 2 is 1.72 bits per heavy atom. The van der Waals surface area contributed by atoms with Crippen molar-refractivity contribution in [3.05, 3.63) is 56.5 Å². The minimum Gasteiger partial charge on any atom is -0.493 e. The molecule has 25 heavy (non-hydrogen) atoms. The predicted molar refractivity (Wildman–Crippen MR) is 104 cm³/mol. The van der Waals surface area contributed by atoms with E-state index in [-0.39, 0.29) is 5.57 Å². The maximum Gasteiger partial charge on any atom is 0.266 e. The first-order chi connectivity index (χ1) is 12.0. The maximum absolute atomic E-state index is 12.3. The zero-order valence-electron chi connectivity index (χ0n) is 13.5. The molecule has 0 atom stereocenters. The summed E-state index contributed by atoms with van der Waals surface area (Å²) < 4.78 is 12.0. The van der Waals surface area contributed by atoms with E-state index in [0.29, 0.717) is 27.2 Å². The van der Waals surface area contributed by atoms with E-state index in [4.69, 9.17) is 9.47 Å². The van der Waals surface area contributed by atoms with Gasteiger partial charge in [-0.3, -0.25) is 4.79 Å². The van der Waals surface area contributed by atoms with E-state index in [0.717, 1.165) is 4.47 Å². The second-order valence-electron chi connectivity index (χ2n) is 4.86. The molecule has 2 aromatic carbocycles. The highest BCUT2D eigenvalue weighted by Gasteiger charge is 2.13. The van der Waals surface area contributed by atoms with Gasteiger partial charge >= 0.3 is 0 Å². The lowest BCUT2D eigenvalue weighted by molar-refractivity contribution is -0.112. The van der Waals surface area contributed by atoms with E-state index < -0.39 is 5.91 Å². The molecule has 1 amide bonds. The first-order valence-corrected chi connectivity index (χ1v) is 8.67. The molecule has 0 saturated heterocycles. The summed E-state index contributed by atoms with van der Waals surface area (Å²) in [6.07, 6.45) is 1.49. The molecule has 5 nitrogen and oxygen atoms in total. The molecule has 0 fully saturated rings. The van der Waals surface area contributed by atoms with Gasteiger partial charge in [0.05, 0.1) is 14.2 Å². The van der Waals surface area contributed by atoms with Gasteiger partial charge in [-0.2, -0.15) is 5.26 Å². The third-order valence-electron chi connectivity index (χ3n) is 3.27. The third-order valence-corrected chi connectivity index (χ3v) is 4.49. The summed E-state index contributed by atoms with van der Waals surface area (Å²) in [6, 6.07) is 12.4. The average Bonchev–Trinajstić information content (AvgIpc) is 2.62. The molecule has 1 N–H and O–H groups in total. The highest BCUT2D eigenvalue weighted by molar-refractivity contribution is 9.10. The van der Waals surface area contributed by atoms with Crippen LogP contribution in [0.3, 0.4) is 0 Å². The minimum atomic E-state index is -0.494. The fourth-order valence-corrected chi connectivity index (χ4v) is 2.72. The Balaban J connectivity index is 2.32. The van der Waals surface area contributed by atoms with E-state index in [1.54, 1.807) is 36.4 Å². The Morgan fingerprint density at radius 3 is 2.28 bits per heavy atom. The average molecular weight is 466 g/mol. The van der Waals surface area contributed by atoms with E-state index in [2.05, 4.69) is 37.2 Å². The number of anilines is 1. The smallest absolute Gasteiger partial charge is 0.266 e. The molecule has 128 valence electrons. The molecule has 0 saturated carbocycles. The molecule has 0 bridgehead atoms. The Kier molecular flexibility index (Phi) is 6.62.